The number of alkyl halides is 3. The predicted molar refractivity (Wildman–Crippen MR) is 281 cm³/mol. The number of benzene rings is 9. The number of para-hydroxylation sites is 2. The fraction of sp³-hybridized carbons (Fsp3) is 0.127. The molecule has 0 saturated carbocycles. The third kappa shape index (κ3) is 7.03. The lowest BCUT2D eigenvalue weighted by Crippen LogP contribution is -2.08. The smallest absolute Gasteiger partial charge is 0.310 e. The summed E-state index contributed by atoms with van der Waals surface area (Å²) in [4.78, 5) is 4.20. The molecule has 0 fully saturated rings. The van der Waals surface area contributed by atoms with Crippen LogP contribution in [0.2, 0.25) is 0 Å². The zero-order valence-electron chi connectivity index (χ0n) is 39.6. The molecule has 0 aliphatic rings. The summed E-state index contributed by atoms with van der Waals surface area (Å²) in [7, 11) is 0. The van der Waals surface area contributed by atoms with Crippen molar-refractivity contribution in [1.29, 1.82) is 0 Å². The number of aryl methyl sites for hydroxylation is 7. The van der Waals surface area contributed by atoms with Crippen LogP contribution in [0.1, 0.15) is 44.5 Å². The normalized spacial score (nSPS) is 11.9. The van der Waals surface area contributed by atoms with Crippen molar-refractivity contribution in [2.24, 2.45) is 0 Å². The molecule has 0 saturated heterocycles. The van der Waals surface area contributed by atoms with Crippen LogP contribution in [0.5, 0.6) is 0 Å². The molecule has 11 aromatic rings. The van der Waals surface area contributed by atoms with Gasteiger partial charge in [0.05, 0.1) is 39.9 Å². The maximum absolute atomic E-state index is 15.0. The molecule has 11 rings (SSSR count). The van der Waals surface area contributed by atoms with Gasteiger partial charge >= 0.3 is 6.18 Å². The Kier molecular flexibility index (Phi) is 10.2. The zero-order valence-corrected chi connectivity index (χ0v) is 39.6. The second kappa shape index (κ2) is 16.3. The van der Waals surface area contributed by atoms with E-state index in [-0.39, 0.29) is 5.56 Å². The van der Waals surface area contributed by atoms with Gasteiger partial charge in [0, 0.05) is 32.8 Å². The van der Waals surface area contributed by atoms with Gasteiger partial charge < -0.3 is 9.13 Å². The number of rotatable bonds is 6. The summed E-state index contributed by atoms with van der Waals surface area (Å²) < 4.78 is 49.5. The molecular formula is C63H48F3N3. The second-order valence-electron chi connectivity index (χ2n) is 18.7. The third-order valence-electron chi connectivity index (χ3n) is 14.0. The maximum atomic E-state index is 15.0. The van der Waals surface area contributed by atoms with Gasteiger partial charge in [-0.25, -0.2) is 4.85 Å². The Labute approximate surface area is 400 Å². The molecule has 9 aromatic carbocycles. The average molecular weight is 904 g/mol. The van der Waals surface area contributed by atoms with E-state index < -0.39 is 11.7 Å². The van der Waals surface area contributed by atoms with Crippen molar-refractivity contribution < 1.29 is 13.2 Å². The second-order valence-corrected chi connectivity index (χ2v) is 18.7. The van der Waals surface area contributed by atoms with Gasteiger partial charge in [-0.05, 0) is 176 Å². The molecule has 69 heavy (non-hydrogen) atoms. The summed E-state index contributed by atoms with van der Waals surface area (Å²) in [5.74, 6) is 0. The van der Waals surface area contributed by atoms with Gasteiger partial charge in [-0.2, -0.15) is 13.2 Å². The highest BCUT2D eigenvalue weighted by Gasteiger charge is 2.35. The van der Waals surface area contributed by atoms with Crippen LogP contribution in [-0.4, -0.2) is 9.13 Å². The molecule has 0 aliphatic heterocycles. The standard InChI is InChI=1S/C63H48F3N3/c1-36-29-39(4)59(40(5)30-36)43-23-26-55-48(33-43)46-16-9-11-20-53(46)68(55)57-28-25-45(61-38(3)15-13-18-51(61)63(64,65)66)35-50(57)62-52(67-8)19-14-22-58(62)69-54-21-12-10-17-47(54)49-34-44(24-27-56(49)69)60-41(6)31-37(2)32-42(60)7/h9-35H,1-7H3. The van der Waals surface area contributed by atoms with Gasteiger partial charge in [0.1, 0.15) is 0 Å². The van der Waals surface area contributed by atoms with E-state index in [1.807, 2.05) is 54.6 Å². The predicted octanol–water partition coefficient (Wildman–Crippen LogP) is 18.3. The third-order valence-corrected chi connectivity index (χ3v) is 14.0. The van der Waals surface area contributed by atoms with Crippen LogP contribution in [0.3, 0.4) is 0 Å². The van der Waals surface area contributed by atoms with Crippen LogP contribution in [-0.2, 0) is 6.18 Å². The molecule has 336 valence electrons. The first-order chi connectivity index (χ1) is 33.2. The summed E-state index contributed by atoms with van der Waals surface area (Å²) in [6.07, 6.45) is -4.60. The number of hydrogen-bond acceptors (Lipinski definition) is 0. The lowest BCUT2D eigenvalue weighted by molar-refractivity contribution is -0.137. The first kappa shape index (κ1) is 43.4. The Morgan fingerprint density at radius 3 is 1.38 bits per heavy atom. The van der Waals surface area contributed by atoms with E-state index in [2.05, 4.69) is 147 Å². The van der Waals surface area contributed by atoms with Crippen molar-refractivity contribution in [3.8, 4) is 55.9 Å². The Morgan fingerprint density at radius 1 is 0.391 bits per heavy atom. The minimum Gasteiger partial charge on any atom is -0.310 e. The van der Waals surface area contributed by atoms with Crippen molar-refractivity contribution >= 4 is 49.3 Å². The van der Waals surface area contributed by atoms with Gasteiger partial charge in [-0.15, -0.1) is 0 Å². The Bertz CT molecular complexity index is 3940. The molecule has 0 radical (unpaired) electrons. The van der Waals surface area contributed by atoms with E-state index in [0.29, 0.717) is 27.9 Å². The van der Waals surface area contributed by atoms with Crippen molar-refractivity contribution in [3.05, 3.63) is 220 Å². The Balaban J connectivity index is 1.24. The fourth-order valence-corrected chi connectivity index (χ4v) is 11.5. The highest BCUT2D eigenvalue weighted by Crippen LogP contribution is 2.48. The van der Waals surface area contributed by atoms with E-state index in [0.717, 1.165) is 72.2 Å². The van der Waals surface area contributed by atoms with Crippen molar-refractivity contribution in [3.63, 3.8) is 0 Å². The lowest BCUT2D eigenvalue weighted by Gasteiger charge is -2.22. The van der Waals surface area contributed by atoms with Crippen molar-refractivity contribution in [1.82, 2.24) is 9.13 Å². The summed E-state index contributed by atoms with van der Waals surface area (Å²) >= 11 is 0. The van der Waals surface area contributed by atoms with Crippen LogP contribution >= 0.6 is 0 Å². The van der Waals surface area contributed by atoms with Crippen molar-refractivity contribution in [2.45, 2.75) is 54.6 Å². The van der Waals surface area contributed by atoms with E-state index in [9.17, 15) is 0 Å². The SMILES string of the molecule is [C-]#[N+]c1cccc(-n2c3ccccc3c3cc(-c4c(C)cc(C)cc4C)ccc32)c1-c1cc(-c2c(C)cccc2C(F)(F)F)ccc1-n1c2ccccc2c2cc(-c3c(C)cc(C)cc3C)ccc21. The number of nitrogens with zero attached hydrogens (tertiary/aromatic N) is 3. The van der Waals surface area contributed by atoms with Gasteiger partial charge in [0.15, 0.2) is 5.69 Å². The molecule has 2 aromatic heterocycles. The van der Waals surface area contributed by atoms with Crippen LogP contribution in [0.25, 0.3) is 104 Å². The lowest BCUT2D eigenvalue weighted by atomic mass is 9.90. The van der Waals surface area contributed by atoms with E-state index in [1.165, 1.54) is 50.6 Å². The molecule has 0 unspecified atom stereocenters. The molecule has 0 spiro atoms. The molecular weight excluding hydrogens is 856 g/mol. The zero-order chi connectivity index (χ0) is 48.0. The fourth-order valence-electron chi connectivity index (χ4n) is 11.5. The van der Waals surface area contributed by atoms with Gasteiger partial charge in [-0.3, -0.25) is 0 Å². The number of fused-ring (bicyclic) bond motifs is 6. The summed E-state index contributed by atoms with van der Waals surface area (Å²) in [5, 5.41) is 4.20. The Hall–Kier alpha value is -8.14. The minimum absolute atomic E-state index is 0.112. The average Bonchev–Trinajstić information content (AvgIpc) is 3.82. The monoisotopic (exact) mass is 903 g/mol. The van der Waals surface area contributed by atoms with E-state index >= 15 is 13.2 Å². The molecule has 0 aliphatic carbocycles. The summed E-state index contributed by atoms with van der Waals surface area (Å²) in [6, 6.07) is 54.4. The number of hydrogen-bond donors (Lipinski definition) is 0. The van der Waals surface area contributed by atoms with Crippen LogP contribution in [0.15, 0.2) is 164 Å². The molecule has 3 nitrogen and oxygen atoms in total. The van der Waals surface area contributed by atoms with Crippen LogP contribution in [0, 0.1) is 55.0 Å². The highest BCUT2D eigenvalue weighted by molar-refractivity contribution is 6.13. The molecule has 0 amide bonds. The van der Waals surface area contributed by atoms with Crippen LogP contribution < -0.4 is 0 Å². The first-order valence-corrected chi connectivity index (χ1v) is 23.3. The summed E-state index contributed by atoms with van der Waals surface area (Å²) in [5.41, 5.74) is 19.1. The quantitative estimate of drug-likeness (QED) is 0.148. The molecule has 0 atom stereocenters. The molecule has 6 heteroatoms. The van der Waals surface area contributed by atoms with Crippen LogP contribution in [0.4, 0.5) is 18.9 Å². The van der Waals surface area contributed by atoms with E-state index in [1.54, 1.807) is 13.0 Å². The molecule has 2 heterocycles. The largest absolute Gasteiger partial charge is 0.417 e. The number of halogens is 3. The van der Waals surface area contributed by atoms with E-state index in [4.69, 9.17) is 6.57 Å². The molecule has 0 N–H and O–H groups in total. The summed E-state index contributed by atoms with van der Waals surface area (Å²) in [6.45, 7) is 23.4. The van der Waals surface area contributed by atoms with Gasteiger partial charge in [-0.1, -0.05) is 114 Å². The van der Waals surface area contributed by atoms with Gasteiger partial charge in [0.25, 0.3) is 0 Å². The maximum Gasteiger partial charge on any atom is 0.417 e. The first-order valence-electron chi connectivity index (χ1n) is 23.3. The Morgan fingerprint density at radius 2 is 0.855 bits per heavy atom. The van der Waals surface area contributed by atoms with Crippen molar-refractivity contribution in [2.75, 3.05) is 0 Å². The highest BCUT2D eigenvalue weighted by atomic mass is 19.4. The topological polar surface area (TPSA) is 14.2 Å². The molecule has 0 bridgehead atoms. The number of aromatic nitrogens is 2. The van der Waals surface area contributed by atoms with Gasteiger partial charge in [0.2, 0.25) is 0 Å². The minimum atomic E-state index is -4.60.